The summed E-state index contributed by atoms with van der Waals surface area (Å²) >= 11 is 1.64. The van der Waals surface area contributed by atoms with Crippen LogP contribution in [-0.2, 0) is 6.42 Å². The number of hydrogen-bond donors (Lipinski definition) is 1. The Morgan fingerprint density at radius 1 is 1.20 bits per heavy atom. The maximum Gasteiger partial charge on any atom is 0.118 e. The number of ether oxygens (including phenoxy) is 1. The largest absolute Gasteiger partial charge is 0.497 e. The van der Waals surface area contributed by atoms with Crippen LogP contribution in [0.25, 0.3) is 0 Å². The van der Waals surface area contributed by atoms with E-state index in [-0.39, 0.29) is 6.04 Å². The Labute approximate surface area is 124 Å². The first kappa shape index (κ1) is 14.9. The van der Waals surface area contributed by atoms with Gasteiger partial charge in [-0.25, -0.2) is 4.98 Å². The van der Waals surface area contributed by atoms with E-state index in [1.165, 1.54) is 5.56 Å². The fourth-order valence-corrected chi connectivity index (χ4v) is 2.56. The summed E-state index contributed by atoms with van der Waals surface area (Å²) in [7, 11) is 1.67. The number of hydrogen-bond acceptors (Lipinski definition) is 4. The van der Waals surface area contributed by atoms with Crippen molar-refractivity contribution >= 4 is 11.8 Å². The average molecular weight is 288 g/mol. The van der Waals surface area contributed by atoms with E-state index in [1.54, 1.807) is 18.9 Å². The summed E-state index contributed by atoms with van der Waals surface area (Å²) in [5.41, 5.74) is 7.14. The molecule has 3 nitrogen and oxygen atoms in total. The summed E-state index contributed by atoms with van der Waals surface area (Å²) in [6.45, 7) is 2.10. The highest BCUT2D eigenvalue weighted by molar-refractivity contribution is 7.99. The van der Waals surface area contributed by atoms with Gasteiger partial charge in [0.2, 0.25) is 0 Å². The Morgan fingerprint density at radius 2 is 1.95 bits per heavy atom. The molecule has 0 spiro atoms. The molecule has 0 aliphatic rings. The highest BCUT2D eigenvalue weighted by Gasteiger charge is 2.03. The molecular formula is C16H20N2OS. The second-order valence-corrected chi connectivity index (χ2v) is 5.75. The minimum atomic E-state index is 0.219. The maximum atomic E-state index is 5.95. The van der Waals surface area contributed by atoms with Crippen molar-refractivity contribution in [2.75, 3.05) is 7.11 Å². The SMILES string of the molecule is CCC(N)Cc1ccc(Sc2ccc(OC)cc2)nc1. The molecule has 1 aromatic carbocycles. The number of pyridine rings is 1. The van der Waals surface area contributed by atoms with Gasteiger partial charge in [-0.05, 0) is 48.7 Å². The zero-order valence-corrected chi connectivity index (χ0v) is 12.7. The van der Waals surface area contributed by atoms with Crippen LogP contribution in [0.15, 0.2) is 52.5 Å². The lowest BCUT2D eigenvalue weighted by Gasteiger charge is -2.08. The van der Waals surface area contributed by atoms with E-state index in [0.29, 0.717) is 0 Å². The summed E-state index contributed by atoms with van der Waals surface area (Å²) in [4.78, 5) is 5.63. The van der Waals surface area contributed by atoms with Crippen molar-refractivity contribution in [3.63, 3.8) is 0 Å². The third kappa shape index (κ3) is 4.25. The van der Waals surface area contributed by atoms with Crippen molar-refractivity contribution in [1.29, 1.82) is 0 Å². The van der Waals surface area contributed by atoms with E-state index in [9.17, 15) is 0 Å². The van der Waals surface area contributed by atoms with Gasteiger partial charge < -0.3 is 10.5 Å². The first-order valence-electron chi connectivity index (χ1n) is 6.73. The Hall–Kier alpha value is -1.52. The normalized spacial score (nSPS) is 12.2. The van der Waals surface area contributed by atoms with Gasteiger partial charge in [0, 0.05) is 17.1 Å². The van der Waals surface area contributed by atoms with Crippen molar-refractivity contribution in [1.82, 2.24) is 4.98 Å². The Bertz CT molecular complexity index is 525. The molecule has 1 atom stereocenters. The molecule has 20 heavy (non-hydrogen) atoms. The van der Waals surface area contributed by atoms with Gasteiger partial charge in [0.25, 0.3) is 0 Å². The van der Waals surface area contributed by atoms with Crippen molar-refractivity contribution in [2.45, 2.75) is 35.7 Å². The molecule has 2 rings (SSSR count). The zero-order valence-electron chi connectivity index (χ0n) is 11.9. The molecule has 0 fully saturated rings. The number of nitrogens with two attached hydrogens (primary N) is 1. The molecule has 0 saturated carbocycles. The van der Waals surface area contributed by atoms with E-state index < -0.39 is 0 Å². The van der Waals surface area contributed by atoms with Crippen LogP contribution in [0.5, 0.6) is 5.75 Å². The van der Waals surface area contributed by atoms with Gasteiger partial charge >= 0.3 is 0 Å². The molecule has 2 N–H and O–H groups in total. The topological polar surface area (TPSA) is 48.1 Å². The first-order valence-corrected chi connectivity index (χ1v) is 7.55. The van der Waals surface area contributed by atoms with Crippen LogP contribution in [0.2, 0.25) is 0 Å². The second kappa shape index (κ2) is 7.31. The van der Waals surface area contributed by atoms with E-state index in [1.807, 2.05) is 36.5 Å². The summed E-state index contributed by atoms with van der Waals surface area (Å²) in [5, 5.41) is 0.990. The lowest BCUT2D eigenvalue weighted by atomic mass is 10.1. The van der Waals surface area contributed by atoms with Crippen LogP contribution in [-0.4, -0.2) is 18.1 Å². The molecule has 4 heteroatoms. The van der Waals surface area contributed by atoms with Crippen molar-refractivity contribution < 1.29 is 4.74 Å². The van der Waals surface area contributed by atoms with Crippen molar-refractivity contribution in [3.8, 4) is 5.75 Å². The zero-order chi connectivity index (χ0) is 14.4. The van der Waals surface area contributed by atoms with Gasteiger partial charge in [-0.15, -0.1) is 0 Å². The van der Waals surface area contributed by atoms with Gasteiger partial charge in [-0.2, -0.15) is 0 Å². The predicted molar refractivity (Wildman–Crippen MR) is 83.3 cm³/mol. The van der Waals surface area contributed by atoms with E-state index in [2.05, 4.69) is 18.0 Å². The molecule has 0 aliphatic carbocycles. The van der Waals surface area contributed by atoms with Gasteiger partial charge in [0.15, 0.2) is 0 Å². The number of methoxy groups -OCH3 is 1. The highest BCUT2D eigenvalue weighted by atomic mass is 32.2. The molecule has 1 unspecified atom stereocenters. The molecule has 1 heterocycles. The smallest absolute Gasteiger partial charge is 0.118 e. The fraction of sp³-hybridized carbons (Fsp3) is 0.312. The minimum Gasteiger partial charge on any atom is -0.497 e. The Kier molecular flexibility index (Phi) is 5.44. The van der Waals surface area contributed by atoms with Crippen LogP contribution in [0.4, 0.5) is 0 Å². The van der Waals surface area contributed by atoms with Gasteiger partial charge in [-0.3, -0.25) is 0 Å². The Morgan fingerprint density at radius 3 is 2.50 bits per heavy atom. The highest BCUT2D eigenvalue weighted by Crippen LogP contribution is 2.27. The van der Waals surface area contributed by atoms with Crippen LogP contribution < -0.4 is 10.5 Å². The Balaban J connectivity index is 1.99. The summed E-state index contributed by atoms with van der Waals surface area (Å²) in [6.07, 6.45) is 3.79. The van der Waals surface area contributed by atoms with Crippen molar-refractivity contribution in [3.05, 3.63) is 48.2 Å². The molecule has 0 aliphatic heterocycles. The molecule has 0 radical (unpaired) electrons. The number of nitrogens with zero attached hydrogens (tertiary/aromatic N) is 1. The average Bonchev–Trinajstić information content (AvgIpc) is 2.50. The summed E-state index contributed by atoms with van der Waals surface area (Å²) in [6, 6.07) is 12.4. The van der Waals surface area contributed by atoms with Gasteiger partial charge in [0.1, 0.15) is 10.8 Å². The number of aromatic nitrogens is 1. The summed E-state index contributed by atoms with van der Waals surface area (Å²) in [5.74, 6) is 0.867. The van der Waals surface area contributed by atoms with Crippen molar-refractivity contribution in [2.24, 2.45) is 5.73 Å². The van der Waals surface area contributed by atoms with Gasteiger partial charge in [-0.1, -0.05) is 24.8 Å². The van der Waals surface area contributed by atoms with Crippen LogP contribution in [0.3, 0.4) is 0 Å². The molecule has 106 valence electrons. The third-order valence-electron chi connectivity index (χ3n) is 3.10. The van der Waals surface area contributed by atoms with Crippen LogP contribution >= 0.6 is 11.8 Å². The monoisotopic (exact) mass is 288 g/mol. The third-order valence-corrected chi connectivity index (χ3v) is 4.06. The quantitative estimate of drug-likeness (QED) is 0.883. The van der Waals surface area contributed by atoms with Gasteiger partial charge in [0.05, 0.1) is 7.11 Å². The minimum absolute atomic E-state index is 0.219. The molecule has 2 aromatic rings. The van der Waals surface area contributed by atoms with E-state index in [0.717, 1.165) is 28.5 Å². The maximum absolute atomic E-state index is 5.95. The van der Waals surface area contributed by atoms with Crippen LogP contribution in [0, 0.1) is 0 Å². The lowest BCUT2D eigenvalue weighted by Crippen LogP contribution is -2.21. The summed E-state index contributed by atoms with van der Waals surface area (Å²) < 4.78 is 5.15. The molecule has 1 aromatic heterocycles. The van der Waals surface area contributed by atoms with E-state index in [4.69, 9.17) is 10.5 Å². The second-order valence-electron chi connectivity index (χ2n) is 4.65. The molecule has 0 saturated heterocycles. The first-order chi connectivity index (χ1) is 9.71. The predicted octanol–water partition coefficient (Wildman–Crippen LogP) is 3.52. The molecular weight excluding hydrogens is 268 g/mol. The van der Waals surface area contributed by atoms with E-state index >= 15 is 0 Å². The molecule has 0 bridgehead atoms. The lowest BCUT2D eigenvalue weighted by molar-refractivity contribution is 0.414. The number of benzene rings is 1. The van der Waals surface area contributed by atoms with Crippen LogP contribution in [0.1, 0.15) is 18.9 Å². The fourth-order valence-electron chi connectivity index (χ4n) is 1.80. The standard InChI is InChI=1S/C16H20N2OS/c1-3-13(17)10-12-4-9-16(18-11-12)20-15-7-5-14(19-2)6-8-15/h4-9,11,13H,3,10,17H2,1-2H3. The number of rotatable bonds is 6. The molecule has 0 amide bonds.